The normalized spacial score (nSPS) is 12.3. The molecule has 0 saturated carbocycles. The number of esters is 1. The van der Waals surface area contributed by atoms with Crippen molar-refractivity contribution in [2.24, 2.45) is 5.14 Å². The highest BCUT2D eigenvalue weighted by Crippen LogP contribution is 2.16. The summed E-state index contributed by atoms with van der Waals surface area (Å²) in [5, 5.41) is 7.74. The van der Waals surface area contributed by atoms with E-state index in [4.69, 9.17) is 21.5 Å². The molecule has 0 saturated heterocycles. The number of benzene rings is 2. The summed E-state index contributed by atoms with van der Waals surface area (Å²) in [6.45, 7) is 1.59. The number of hydrogen-bond donors (Lipinski definition) is 2. The van der Waals surface area contributed by atoms with E-state index in [0.29, 0.717) is 6.42 Å². The molecule has 0 aliphatic rings. The van der Waals surface area contributed by atoms with E-state index in [1.807, 2.05) is 0 Å². The van der Waals surface area contributed by atoms with E-state index in [2.05, 4.69) is 5.32 Å². The first-order chi connectivity index (χ1) is 13.1. The highest BCUT2D eigenvalue weighted by atomic mass is 35.5. The Kier molecular flexibility index (Phi) is 7.11. The summed E-state index contributed by atoms with van der Waals surface area (Å²) in [6, 6.07) is 9.40. The van der Waals surface area contributed by atoms with Gasteiger partial charge in [0.2, 0.25) is 10.0 Å². The van der Waals surface area contributed by atoms with E-state index in [-0.39, 0.29) is 22.0 Å². The molecule has 3 N–H and O–H groups in total. The summed E-state index contributed by atoms with van der Waals surface area (Å²) < 4.78 is 41.1. The predicted octanol–water partition coefficient (Wildman–Crippen LogP) is 2.03. The maximum absolute atomic E-state index is 13.7. The fourth-order valence-electron chi connectivity index (χ4n) is 2.25. The van der Waals surface area contributed by atoms with Gasteiger partial charge in [-0.1, -0.05) is 23.7 Å². The minimum Gasteiger partial charge on any atom is -0.449 e. The lowest BCUT2D eigenvalue weighted by atomic mass is 10.1. The third kappa shape index (κ3) is 6.01. The highest BCUT2D eigenvalue weighted by Gasteiger charge is 2.21. The van der Waals surface area contributed by atoms with Gasteiger partial charge in [-0.15, -0.1) is 0 Å². The fraction of sp³-hybridized carbons (Fsp3) is 0.222. The maximum atomic E-state index is 13.7. The molecule has 0 heterocycles. The number of rotatable bonds is 7. The lowest BCUT2D eigenvalue weighted by Crippen LogP contribution is -2.37. The van der Waals surface area contributed by atoms with Crippen molar-refractivity contribution in [2.75, 3.05) is 6.54 Å². The van der Waals surface area contributed by atoms with E-state index in [1.165, 1.54) is 31.2 Å². The van der Waals surface area contributed by atoms with E-state index >= 15 is 0 Å². The molecule has 28 heavy (non-hydrogen) atoms. The number of primary sulfonamides is 1. The van der Waals surface area contributed by atoms with Crippen molar-refractivity contribution >= 4 is 33.5 Å². The molecule has 2 aromatic carbocycles. The Balaban J connectivity index is 1.84. The van der Waals surface area contributed by atoms with Crippen LogP contribution in [0.25, 0.3) is 0 Å². The van der Waals surface area contributed by atoms with Gasteiger partial charge < -0.3 is 10.1 Å². The van der Waals surface area contributed by atoms with Crippen LogP contribution in [0.3, 0.4) is 0 Å². The van der Waals surface area contributed by atoms with Crippen LogP contribution in [0.2, 0.25) is 5.02 Å². The van der Waals surface area contributed by atoms with E-state index in [1.54, 1.807) is 12.1 Å². The number of nitrogens with one attached hydrogen (secondary N) is 1. The number of nitrogens with two attached hydrogens (primary N) is 1. The van der Waals surface area contributed by atoms with Crippen molar-refractivity contribution in [1.82, 2.24) is 5.32 Å². The van der Waals surface area contributed by atoms with Crippen molar-refractivity contribution in [2.45, 2.75) is 24.3 Å². The van der Waals surface area contributed by atoms with Crippen molar-refractivity contribution in [3.8, 4) is 0 Å². The van der Waals surface area contributed by atoms with Gasteiger partial charge in [0.1, 0.15) is 5.82 Å². The minimum absolute atomic E-state index is 0.00440. The second kappa shape index (κ2) is 9.13. The number of carbonyl (C=O) groups is 2. The number of halogens is 2. The number of hydrogen-bond acceptors (Lipinski definition) is 5. The molecule has 10 heteroatoms. The summed E-state index contributed by atoms with van der Waals surface area (Å²) in [4.78, 5) is 24.0. The van der Waals surface area contributed by atoms with Crippen LogP contribution >= 0.6 is 11.6 Å². The highest BCUT2D eigenvalue weighted by molar-refractivity contribution is 7.89. The summed E-state index contributed by atoms with van der Waals surface area (Å²) in [7, 11) is -3.76. The first-order valence-corrected chi connectivity index (χ1v) is 10.1. The lowest BCUT2D eigenvalue weighted by Gasteiger charge is -2.14. The van der Waals surface area contributed by atoms with Gasteiger partial charge in [-0.05, 0) is 49.2 Å². The zero-order valence-electron chi connectivity index (χ0n) is 14.8. The minimum atomic E-state index is -3.76. The Morgan fingerprint density at radius 3 is 2.43 bits per heavy atom. The van der Waals surface area contributed by atoms with Gasteiger partial charge in [-0.25, -0.2) is 22.7 Å². The first-order valence-electron chi connectivity index (χ1n) is 8.13. The molecule has 2 rings (SSSR count). The first kappa shape index (κ1) is 21.8. The van der Waals surface area contributed by atoms with Crippen LogP contribution in [0.5, 0.6) is 0 Å². The van der Waals surface area contributed by atoms with Crippen LogP contribution < -0.4 is 10.5 Å². The predicted molar refractivity (Wildman–Crippen MR) is 101 cm³/mol. The molecular weight excluding hydrogens is 411 g/mol. The molecule has 0 spiro atoms. The second-order valence-corrected chi connectivity index (χ2v) is 7.90. The molecule has 0 aromatic heterocycles. The zero-order valence-corrected chi connectivity index (χ0v) is 16.4. The van der Waals surface area contributed by atoms with Gasteiger partial charge in [0.05, 0.1) is 10.5 Å². The molecule has 1 atom stereocenters. The molecular formula is C18H18ClFN2O5S. The average Bonchev–Trinajstić information content (AvgIpc) is 2.61. The van der Waals surface area contributed by atoms with Crippen molar-refractivity contribution in [3.63, 3.8) is 0 Å². The summed E-state index contributed by atoms with van der Waals surface area (Å²) in [5.41, 5.74) is 0.458. The summed E-state index contributed by atoms with van der Waals surface area (Å²) >= 11 is 5.62. The van der Waals surface area contributed by atoms with E-state index in [0.717, 1.165) is 11.6 Å². The Morgan fingerprint density at radius 2 is 1.86 bits per heavy atom. The van der Waals surface area contributed by atoms with Crippen molar-refractivity contribution in [1.29, 1.82) is 0 Å². The number of amides is 1. The molecule has 1 unspecified atom stereocenters. The van der Waals surface area contributed by atoms with E-state index in [9.17, 15) is 22.4 Å². The average molecular weight is 429 g/mol. The topological polar surface area (TPSA) is 116 Å². The summed E-state index contributed by atoms with van der Waals surface area (Å²) in [5.74, 6) is -2.37. The molecule has 1 amide bonds. The Hall–Kier alpha value is -2.49. The van der Waals surface area contributed by atoms with Gasteiger partial charge >= 0.3 is 5.97 Å². The molecule has 0 aliphatic carbocycles. The van der Waals surface area contributed by atoms with E-state index < -0.39 is 33.8 Å². The molecule has 2 aromatic rings. The summed E-state index contributed by atoms with van der Waals surface area (Å²) in [6.07, 6.45) is -0.712. The monoisotopic (exact) mass is 428 g/mol. The molecule has 0 radical (unpaired) electrons. The van der Waals surface area contributed by atoms with Crippen LogP contribution in [0, 0.1) is 5.82 Å². The van der Waals surface area contributed by atoms with Crippen molar-refractivity contribution in [3.05, 3.63) is 64.4 Å². The smallest absolute Gasteiger partial charge is 0.341 e. The van der Waals surface area contributed by atoms with Gasteiger partial charge in [0.25, 0.3) is 5.91 Å². The zero-order chi connectivity index (χ0) is 20.9. The van der Waals surface area contributed by atoms with Crippen LogP contribution in [-0.4, -0.2) is 32.9 Å². The Bertz CT molecular complexity index is 980. The fourth-order valence-corrected chi connectivity index (χ4v) is 2.93. The Morgan fingerprint density at radius 1 is 1.21 bits per heavy atom. The SMILES string of the molecule is CC(OC(=O)c1ccc(Cl)cc1F)C(=O)NCCc1ccc(S(N)(=O)=O)cc1. The third-order valence-corrected chi connectivity index (χ3v) is 4.93. The molecule has 0 aliphatic heterocycles. The van der Waals surface area contributed by atoms with Crippen molar-refractivity contribution < 1.29 is 27.1 Å². The molecule has 0 bridgehead atoms. The van der Waals surface area contributed by atoms with Gasteiger partial charge in [0.15, 0.2) is 6.10 Å². The lowest BCUT2D eigenvalue weighted by molar-refractivity contribution is -0.129. The largest absolute Gasteiger partial charge is 0.449 e. The number of carbonyl (C=O) groups excluding carboxylic acids is 2. The van der Waals surface area contributed by atoms with Gasteiger partial charge in [-0.2, -0.15) is 0 Å². The van der Waals surface area contributed by atoms with Crippen LogP contribution in [0.4, 0.5) is 4.39 Å². The molecule has 150 valence electrons. The Labute approximate surface area is 166 Å². The molecule has 7 nitrogen and oxygen atoms in total. The number of sulfonamides is 1. The van der Waals surface area contributed by atoms with Crippen LogP contribution in [0.1, 0.15) is 22.8 Å². The quantitative estimate of drug-likeness (QED) is 0.654. The van der Waals surface area contributed by atoms with Gasteiger partial charge in [0, 0.05) is 11.6 Å². The van der Waals surface area contributed by atoms with Crippen LogP contribution in [-0.2, 0) is 26.0 Å². The third-order valence-electron chi connectivity index (χ3n) is 3.77. The standard InChI is InChI=1S/C18H18ClFN2O5S/c1-11(27-18(24)15-7-4-13(19)10-16(15)20)17(23)22-9-8-12-2-5-14(6-3-12)28(21,25)26/h2-7,10-11H,8-9H2,1H3,(H,22,23)(H2,21,25,26). The number of ether oxygens (including phenoxy) is 1. The second-order valence-electron chi connectivity index (χ2n) is 5.90. The van der Waals surface area contributed by atoms with Gasteiger partial charge in [-0.3, -0.25) is 4.79 Å². The van der Waals surface area contributed by atoms with Crippen LogP contribution in [0.15, 0.2) is 47.4 Å². The molecule has 0 fully saturated rings. The maximum Gasteiger partial charge on any atom is 0.341 e.